The van der Waals surface area contributed by atoms with Gasteiger partial charge in [0.2, 0.25) is 17.7 Å². The van der Waals surface area contributed by atoms with E-state index in [1.165, 1.54) is 7.11 Å². The van der Waals surface area contributed by atoms with Gasteiger partial charge in [0.1, 0.15) is 12.6 Å². The molecule has 2 amide bonds. The lowest BCUT2D eigenvalue weighted by Gasteiger charge is -2.26. The molecular weight excluding hydrogens is 510 g/mol. The average Bonchev–Trinajstić information content (AvgIpc) is 3.87. The fourth-order valence-electron chi connectivity index (χ4n) is 4.87. The van der Waals surface area contributed by atoms with Crippen molar-refractivity contribution in [3.8, 4) is 5.88 Å². The van der Waals surface area contributed by atoms with E-state index in [-0.39, 0.29) is 35.4 Å². The number of benzene rings is 1. The Morgan fingerprint density at radius 1 is 1.11 bits per heavy atom. The van der Waals surface area contributed by atoms with Crippen LogP contribution in [0.25, 0.3) is 0 Å². The summed E-state index contributed by atoms with van der Waals surface area (Å²) in [7, 11) is 1.50. The maximum absolute atomic E-state index is 13.5. The molecule has 2 aromatic heterocycles. The SMILES string of the molecule is COc1nnc(Cl)cc1C(C)c1cc(NC(=O)C(NC(=O)OCc2ccccc2)C(C2CC2)C2CC2)on1. The molecule has 0 aliphatic heterocycles. The molecule has 0 bridgehead atoms. The molecule has 5 rings (SSSR count). The van der Waals surface area contributed by atoms with Crippen molar-refractivity contribution in [3.63, 3.8) is 0 Å². The van der Waals surface area contributed by atoms with Crippen LogP contribution in [0.2, 0.25) is 5.15 Å². The molecule has 0 spiro atoms. The summed E-state index contributed by atoms with van der Waals surface area (Å²) in [4.78, 5) is 26.2. The second-order valence-electron chi connectivity index (χ2n) is 9.89. The van der Waals surface area contributed by atoms with Gasteiger partial charge in [0.15, 0.2) is 5.15 Å². The molecule has 3 aromatic rings. The van der Waals surface area contributed by atoms with Gasteiger partial charge in [-0.05, 0) is 55.1 Å². The average molecular weight is 540 g/mol. The number of rotatable bonds is 11. The highest BCUT2D eigenvalue weighted by molar-refractivity contribution is 6.29. The van der Waals surface area contributed by atoms with Crippen LogP contribution < -0.4 is 15.4 Å². The lowest BCUT2D eigenvalue weighted by Crippen LogP contribution is -2.50. The molecule has 2 fully saturated rings. The van der Waals surface area contributed by atoms with Crippen molar-refractivity contribution in [2.75, 3.05) is 12.4 Å². The van der Waals surface area contributed by atoms with Crippen molar-refractivity contribution in [2.24, 2.45) is 17.8 Å². The van der Waals surface area contributed by atoms with Crippen LogP contribution in [0.3, 0.4) is 0 Å². The summed E-state index contributed by atoms with van der Waals surface area (Å²) < 4.78 is 16.2. The summed E-state index contributed by atoms with van der Waals surface area (Å²) in [6, 6.07) is 12.0. The van der Waals surface area contributed by atoms with Crippen molar-refractivity contribution < 1.29 is 23.6 Å². The van der Waals surface area contributed by atoms with E-state index in [0.717, 1.165) is 31.2 Å². The summed E-state index contributed by atoms with van der Waals surface area (Å²) in [6.07, 6.45) is 3.60. The summed E-state index contributed by atoms with van der Waals surface area (Å²) in [6.45, 7) is 2.02. The number of ether oxygens (including phenoxy) is 2. The Labute approximate surface area is 225 Å². The minimum absolute atomic E-state index is 0.0508. The zero-order chi connectivity index (χ0) is 26.6. The number of anilines is 1. The Bertz CT molecular complexity index is 1270. The van der Waals surface area contributed by atoms with Crippen LogP contribution in [0.1, 0.15) is 55.3 Å². The first-order valence-electron chi connectivity index (χ1n) is 12.7. The minimum Gasteiger partial charge on any atom is -0.480 e. The van der Waals surface area contributed by atoms with Crippen molar-refractivity contribution in [1.82, 2.24) is 20.7 Å². The number of halogens is 1. The van der Waals surface area contributed by atoms with Gasteiger partial charge in [-0.25, -0.2) is 4.79 Å². The molecule has 10 nitrogen and oxygen atoms in total. The summed E-state index contributed by atoms with van der Waals surface area (Å²) in [5.74, 6) is 0.731. The number of carbonyl (C=O) groups excluding carboxylic acids is 2. The third-order valence-electron chi connectivity index (χ3n) is 7.12. The van der Waals surface area contributed by atoms with Crippen molar-refractivity contribution in [3.05, 3.63) is 64.4 Å². The smallest absolute Gasteiger partial charge is 0.408 e. The molecule has 2 unspecified atom stereocenters. The first kappa shape index (κ1) is 26.0. The molecule has 2 aliphatic rings. The molecule has 1 aromatic carbocycles. The van der Waals surface area contributed by atoms with Gasteiger partial charge in [0, 0.05) is 17.5 Å². The fourth-order valence-corrected chi connectivity index (χ4v) is 5.02. The quantitative estimate of drug-likeness (QED) is 0.350. The molecule has 2 saturated carbocycles. The van der Waals surface area contributed by atoms with Gasteiger partial charge in [-0.2, -0.15) is 0 Å². The van der Waals surface area contributed by atoms with Crippen LogP contribution in [0, 0.1) is 17.8 Å². The zero-order valence-electron chi connectivity index (χ0n) is 21.2. The van der Waals surface area contributed by atoms with E-state index >= 15 is 0 Å². The maximum atomic E-state index is 13.5. The molecular formula is C27H30ClN5O5. The molecule has 11 heteroatoms. The summed E-state index contributed by atoms with van der Waals surface area (Å²) in [5.41, 5.74) is 2.10. The number of amides is 2. The molecule has 2 aliphatic carbocycles. The van der Waals surface area contributed by atoms with Crippen LogP contribution in [-0.4, -0.2) is 40.5 Å². The van der Waals surface area contributed by atoms with Crippen LogP contribution >= 0.6 is 11.6 Å². The van der Waals surface area contributed by atoms with Crippen molar-refractivity contribution >= 4 is 29.5 Å². The Hall–Kier alpha value is -3.66. The van der Waals surface area contributed by atoms with Gasteiger partial charge in [0.05, 0.1) is 12.8 Å². The van der Waals surface area contributed by atoms with Crippen LogP contribution in [-0.2, 0) is 16.1 Å². The van der Waals surface area contributed by atoms with Crippen molar-refractivity contribution in [2.45, 2.75) is 51.2 Å². The fraction of sp³-hybridized carbons (Fsp3) is 0.444. The summed E-state index contributed by atoms with van der Waals surface area (Å²) in [5, 5.41) is 17.8. The monoisotopic (exact) mass is 539 g/mol. The van der Waals surface area contributed by atoms with E-state index in [1.807, 2.05) is 37.3 Å². The molecule has 2 heterocycles. The lowest BCUT2D eigenvalue weighted by molar-refractivity contribution is -0.119. The largest absolute Gasteiger partial charge is 0.480 e. The number of aromatic nitrogens is 3. The van der Waals surface area contributed by atoms with Crippen LogP contribution in [0.4, 0.5) is 10.7 Å². The second kappa shape index (κ2) is 11.4. The Morgan fingerprint density at radius 2 is 1.82 bits per heavy atom. The topological polar surface area (TPSA) is 128 Å². The number of nitrogens with one attached hydrogen (secondary N) is 2. The van der Waals surface area contributed by atoms with Gasteiger partial charge >= 0.3 is 6.09 Å². The Balaban J connectivity index is 1.28. The molecule has 2 N–H and O–H groups in total. The number of hydrogen-bond acceptors (Lipinski definition) is 8. The minimum atomic E-state index is -0.743. The first-order chi connectivity index (χ1) is 18.4. The van der Waals surface area contributed by atoms with Gasteiger partial charge in [-0.1, -0.05) is 54.0 Å². The molecule has 2 atom stereocenters. The Morgan fingerprint density at radius 3 is 2.47 bits per heavy atom. The van der Waals surface area contributed by atoms with Gasteiger partial charge in [0.25, 0.3) is 0 Å². The van der Waals surface area contributed by atoms with Crippen molar-refractivity contribution in [1.29, 1.82) is 0 Å². The van der Waals surface area contributed by atoms with Gasteiger partial charge < -0.3 is 19.3 Å². The lowest BCUT2D eigenvalue weighted by atomic mass is 9.89. The van der Waals surface area contributed by atoms with Crippen LogP contribution in [0.15, 0.2) is 47.0 Å². The first-order valence-corrected chi connectivity index (χ1v) is 13.1. The van der Waals surface area contributed by atoms with E-state index in [1.54, 1.807) is 12.1 Å². The number of nitrogens with zero attached hydrogens (tertiary/aromatic N) is 3. The van der Waals surface area contributed by atoms with E-state index in [4.69, 9.17) is 25.6 Å². The third-order valence-corrected chi connectivity index (χ3v) is 7.31. The highest BCUT2D eigenvalue weighted by atomic mass is 35.5. The predicted octanol–water partition coefficient (Wildman–Crippen LogP) is 4.95. The highest BCUT2D eigenvalue weighted by Gasteiger charge is 2.48. The van der Waals surface area contributed by atoms with E-state index < -0.39 is 12.1 Å². The Kier molecular flexibility index (Phi) is 7.78. The highest BCUT2D eigenvalue weighted by Crippen LogP contribution is 2.51. The maximum Gasteiger partial charge on any atom is 0.408 e. The molecule has 0 saturated heterocycles. The predicted molar refractivity (Wildman–Crippen MR) is 139 cm³/mol. The van der Waals surface area contributed by atoms with Gasteiger partial charge in [-0.15, -0.1) is 10.2 Å². The standard InChI is InChI=1S/C27H30ClN5O5/c1-15(19-12-21(28)31-32-26(19)36-2)20-13-22(38-33-20)29-25(34)24(23(17-8-9-17)18-10-11-18)30-27(35)37-14-16-6-4-3-5-7-16/h3-7,12-13,15,17-18,23-24H,8-11,14H2,1-2H3,(H,29,34)(H,30,35). The summed E-state index contributed by atoms with van der Waals surface area (Å²) >= 11 is 6.03. The molecule has 0 radical (unpaired) electrons. The van der Waals surface area contributed by atoms with Crippen LogP contribution in [0.5, 0.6) is 5.88 Å². The van der Waals surface area contributed by atoms with E-state index in [9.17, 15) is 9.59 Å². The normalized spacial score (nSPS) is 16.5. The number of methoxy groups -OCH3 is 1. The number of alkyl carbamates (subject to hydrolysis) is 1. The van der Waals surface area contributed by atoms with Gasteiger partial charge in [-0.3, -0.25) is 10.1 Å². The van der Waals surface area contributed by atoms with E-state index in [0.29, 0.717) is 29.0 Å². The zero-order valence-corrected chi connectivity index (χ0v) is 22.0. The number of carbonyl (C=O) groups is 2. The van der Waals surface area contributed by atoms with E-state index in [2.05, 4.69) is 26.0 Å². The molecule has 38 heavy (non-hydrogen) atoms. The second-order valence-corrected chi connectivity index (χ2v) is 10.3. The third kappa shape index (κ3) is 6.24. The number of hydrogen-bond donors (Lipinski definition) is 2. The molecule has 200 valence electrons.